The van der Waals surface area contributed by atoms with Crippen molar-refractivity contribution in [2.45, 2.75) is 42.9 Å². The van der Waals surface area contributed by atoms with Gasteiger partial charge in [0.25, 0.3) is 10.0 Å². The molecule has 0 radical (unpaired) electrons. The average Bonchev–Trinajstić information content (AvgIpc) is 3.36. The minimum Gasteiger partial charge on any atom is -0.416 e. The van der Waals surface area contributed by atoms with E-state index in [1.54, 1.807) is 36.4 Å². The monoisotopic (exact) mass is 459 g/mol. The van der Waals surface area contributed by atoms with E-state index in [-0.39, 0.29) is 4.90 Å². The van der Waals surface area contributed by atoms with Crippen molar-refractivity contribution in [2.24, 2.45) is 0 Å². The highest BCUT2D eigenvalue weighted by molar-refractivity contribution is 7.92. The van der Waals surface area contributed by atoms with Gasteiger partial charge in [0.15, 0.2) is 0 Å². The molecule has 1 aromatic heterocycles. The maximum Gasteiger partial charge on any atom is 0.261 e. The number of hydrogen-bond donors (Lipinski definition) is 1. The second-order valence-electron chi connectivity index (χ2n) is 8.37. The number of benzene rings is 3. The second kappa shape index (κ2) is 9.19. The van der Waals surface area contributed by atoms with E-state index in [1.807, 2.05) is 42.5 Å². The third kappa shape index (κ3) is 4.83. The molecule has 4 aromatic rings. The molecule has 7 heteroatoms. The lowest BCUT2D eigenvalue weighted by atomic mass is 9.84. The number of hydrogen-bond acceptors (Lipinski definition) is 5. The van der Waals surface area contributed by atoms with Crippen molar-refractivity contribution in [3.8, 4) is 22.9 Å². The molecule has 1 fully saturated rings. The van der Waals surface area contributed by atoms with Crippen molar-refractivity contribution < 1.29 is 12.8 Å². The summed E-state index contributed by atoms with van der Waals surface area (Å²) in [6, 6.07) is 23.7. The van der Waals surface area contributed by atoms with Crippen LogP contribution in [0.1, 0.15) is 43.6 Å². The molecule has 0 spiro atoms. The Balaban J connectivity index is 1.28. The fourth-order valence-electron chi connectivity index (χ4n) is 4.29. The number of anilines is 1. The molecule has 6 nitrogen and oxygen atoms in total. The number of aromatic nitrogens is 2. The Morgan fingerprint density at radius 1 is 0.727 bits per heavy atom. The van der Waals surface area contributed by atoms with Crippen LogP contribution in [0.3, 0.4) is 0 Å². The first-order valence-electron chi connectivity index (χ1n) is 11.2. The fraction of sp³-hybridized carbons (Fsp3) is 0.231. The summed E-state index contributed by atoms with van der Waals surface area (Å²) in [5, 5.41) is 8.20. The van der Waals surface area contributed by atoms with Gasteiger partial charge in [-0.2, -0.15) is 0 Å². The van der Waals surface area contributed by atoms with Gasteiger partial charge in [0.2, 0.25) is 11.8 Å². The summed E-state index contributed by atoms with van der Waals surface area (Å²) in [5.41, 5.74) is 3.25. The summed E-state index contributed by atoms with van der Waals surface area (Å²) >= 11 is 0. The Hall–Kier alpha value is -3.45. The summed E-state index contributed by atoms with van der Waals surface area (Å²) in [4.78, 5) is 0.260. The second-order valence-corrected chi connectivity index (χ2v) is 10.0. The first kappa shape index (κ1) is 21.4. The fourth-order valence-corrected chi connectivity index (χ4v) is 5.35. The van der Waals surface area contributed by atoms with Crippen LogP contribution >= 0.6 is 0 Å². The zero-order chi connectivity index (χ0) is 22.7. The first-order chi connectivity index (χ1) is 16.1. The van der Waals surface area contributed by atoms with Gasteiger partial charge < -0.3 is 4.42 Å². The summed E-state index contributed by atoms with van der Waals surface area (Å²) in [6.45, 7) is 0. The average molecular weight is 460 g/mol. The van der Waals surface area contributed by atoms with E-state index in [9.17, 15) is 8.42 Å². The van der Waals surface area contributed by atoms with Crippen LogP contribution < -0.4 is 4.72 Å². The molecule has 5 rings (SSSR count). The normalized spacial score (nSPS) is 14.8. The molecule has 0 saturated heterocycles. The highest BCUT2D eigenvalue weighted by Crippen LogP contribution is 2.33. The minimum atomic E-state index is -3.67. The number of sulfonamides is 1. The third-order valence-electron chi connectivity index (χ3n) is 6.10. The predicted molar refractivity (Wildman–Crippen MR) is 128 cm³/mol. The van der Waals surface area contributed by atoms with Gasteiger partial charge in [-0.25, -0.2) is 8.42 Å². The van der Waals surface area contributed by atoms with E-state index in [2.05, 4.69) is 14.9 Å². The molecular formula is C26H25N3O3S. The summed E-state index contributed by atoms with van der Waals surface area (Å²) < 4.78 is 34.1. The highest BCUT2D eigenvalue weighted by atomic mass is 32.2. The lowest BCUT2D eigenvalue weighted by molar-refractivity contribution is 0.443. The molecule has 33 heavy (non-hydrogen) atoms. The van der Waals surface area contributed by atoms with E-state index >= 15 is 0 Å². The van der Waals surface area contributed by atoms with Gasteiger partial charge in [0.05, 0.1) is 4.90 Å². The van der Waals surface area contributed by atoms with Gasteiger partial charge in [-0.3, -0.25) is 4.72 Å². The van der Waals surface area contributed by atoms with Crippen LogP contribution in [0.5, 0.6) is 0 Å². The van der Waals surface area contributed by atoms with E-state index in [0.29, 0.717) is 29.0 Å². The van der Waals surface area contributed by atoms with Crippen molar-refractivity contribution >= 4 is 15.7 Å². The number of nitrogens with one attached hydrogen (secondary N) is 1. The molecule has 1 heterocycles. The van der Waals surface area contributed by atoms with Crippen LogP contribution in [-0.4, -0.2) is 18.6 Å². The van der Waals surface area contributed by atoms with Gasteiger partial charge >= 0.3 is 0 Å². The quantitative estimate of drug-likeness (QED) is 0.368. The molecular weight excluding hydrogens is 434 g/mol. The van der Waals surface area contributed by atoms with Crippen molar-refractivity contribution in [2.75, 3.05) is 4.72 Å². The molecule has 1 saturated carbocycles. The lowest BCUT2D eigenvalue weighted by Crippen LogP contribution is -2.13. The molecule has 1 N–H and O–H groups in total. The summed E-state index contributed by atoms with van der Waals surface area (Å²) in [7, 11) is -3.67. The maximum absolute atomic E-state index is 12.9. The predicted octanol–water partition coefficient (Wildman–Crippen LogP) is 6.25. The Labute approximate surface area is 193 Å². The smallest absolute Gasteiger partial charge is 0.261 e. The topological polar surface area (TPSA) is 85.1 Å². The van der Waals surface area contributed by atoms with E-state index in [4.69, 9.17) is 4.42 Å². The molecule has 0 atom stereocenters. The van der Waals surface area contributed by atoms with E-state index in [0.717, 1.165) is 5.56 Å². The Morgan fingerprint density at radius 2 is 1.33 bits per heavy atom. The van der Waals surface area contributed by atoms with Crippen molar-refractivity contribution in [3.05, 3.63) is 84.4 Å². The molecule has 1 aliphatic carbocycles. The molecule has 0 bridgehead atoms. The van der Waals surface area contributed by atoms with Gasteiger partial charge in [-0.05, 0) is 72.9 Å². The van der Waals surface area contributed by atoms with Crippen LogP contribution in [0.25, 0.3) is 22.9 Å². The Morgan fingerprint density at radius 3 is 1.97 bits per heavy atom. The lowest BCUT2D eigenvalue weighted by Gasteiger charge is -2.22. The molecule has 0 aliphatic heterocycles. The van der Waals surface area contributed by atoms with Crippen molar-refractivity contribution in [1.82, 2.24) is 10.2 Å². The van der Waals surface area contributed by atoms with Gasteiger partial charge in [-0.15, -0.1) is 10.2 Å². The highest BCUT2D eigenvalue weighted by Gasteiger charge is 2.18. The zero-order valence-electron chi connectivity index (χ0n) is 18.1. The van der Waals surface area contributed by atoms with Crippen molar-refractivity contribution in [1.29, 1.82) is 0 Å². The Kier molecular flexibility index (Phi) is 5.96. The van der Waals surface area contributed by atoms with Gasteiger partial charge in [0, 0.05) is 16.8 Å². The van der Waals surface area contributed by atoms with Crippen LogP contribution in [0.4, 0.5) is 5.69 Å². The molecule has 3 aromatic carbocycles. The summed E-state index contributed by atoms with van der Waals surface area (Å²) in [5.74, 6) is 1.36. The van der Waals surface area contributed by atoms with Gasteiger partial charge in [0.1, 0.15) is 0 Å². The zero-order valence-corrected chi connectivity index (χ0v) is 19.0. The largest absolute Gasteiger partial charge is 0.416 e. The molecule has 0 amide bonds. The third-order valence-corrected chi connectivity index (χ3v) is 7.49. The number of nitrogens with zero attached hydrogens (tertiary/aromatic N) is 2. The summed E-state index contributed by atoms with van der Waals surface area (Å²) in [6.07, 6.45) is 6.17. The maximum atomic E-state index is 12.9. The van der Waals surface area contributed by atoms with E-state index < -0.39 is 10.0 Å². The number of rotatable bonds is 6. The molecule has 168 valence electrons. The standard InChI is InChI=1S/C26H25N3O3S/c30-33(31,24-17-13-20(14-18-24)19-7-3-1-4-8-19)29-23-15-11-22(12-16-23)26-28-27-25(32-26)21-9-5-2-6-10-21/h2,5-6,9-19,29H,1,3-4,7-8H2. The van der Waals surface area contributed by atoms with Crippen molar-refractivity contribution in [3.63, 3.8) is 0 Å². The van der Waals surface area contributed by atoms with Crippen LogP contribution in [-0.2, 0) is 10.0 Å². The van der Waals surface area contributed by atoms with Crippen LogP contribution in [0.15, 0.2) is 88.2 Å². The molecule has 0 unspecified atom stereocenters. The van der Waals surface area contributed by atoms with E-state index in [1.165, 1.54) is 37.7 Å². The van der Waals surface area contributed by atoms with Crippen LogP contribution in [0, 0.1) is 0 Å². The SMILES string of the molecule is O=S(=O)(Nc1ccc(-c2nnc(-c3ccccc3)o2)cc1)c1ccc(C2CCCCC2)cc1. The Bertz CT molecular complexity index is 1310. The minimum absolute atomic E-state index is 0.260. The van der Waals surface area contributed by atoms with Crippen LogP contribution in [0.2, 0.25) is 0 Å². The molecule has 1 aliphatic rings. The first-order valence-corrected chi connectivity index (χ1v) is 12.7. The van der Waals surface area contributed by atoms with Gasteiger partial charge in [-0.1, -0.05) is 49.6 Å².